The van der Waals surface area contributed by atoms with E-state index in [2.05, 4.69) is 0 Å². The van der Waals surface area contributed by atoms with Crippen molar-refractivity contribution in [3.8, 4) is 16.9 Å². The predicted molar refractivity (Wildman–Crippen MR) is 114 cm³/mol. The minimum Gasteiger partial charge on any atom is -0.425 e. The molecule has 0 saturated carbocycles. The number of nitrogens with zero attached hydrogens (tertiary/aromatic N) is 1. The van der Waals surface area contributed by atoms with E-state index in [1.165, 1.54) is 24.3 Å². The van der Waals surface area contributed by atoms with Gasteiger partial charge in [0.25, 0.3) is 5.69 Å². The summed E-state index contributed by atoms with van der Waals surface area (Å²) in [6.45, 7) is 5.93. The van der Waals surface area contributed by atoms with Crippen molar-refractivity contribution in [3.63, 3.8) is 0 Å². The molecular formula is C24H23NO5. The van der Waals surface area contributed by atoms with Gasteiger partial charge in [0.15, 0.2) is 0 Å². The third-order valence-electron chi connectivity index (χ3n) is 4.55. The van der Waals surface area contributed by atoms with E-state index in [0.717, 1.165) is 16.7 Å². The Hall–Kier alpha value is -3.67. The Balaban J connectivity index is 1.80. The Bertz CT molecular complexity index is 1020. The van der Waals surface area contributed by atoms with E-state index >= 15 is 0 Å². The van der Waals surface area contributed by atoms with Gasteiger partial charge in [0.05, 0.1) is 4.92 Å². The fourth-order valence-corrected chi connectivity index (χ4v) is 3.11. The molecule has 0 spiro atoms. The summed E-state index contributed by atoms with van der Waals surface area (Å²) in [6.07, 6.45) is -1.42. The minimum absolute atomic E-state index is 0.0824. The molecule has 0 saturated heterocycles. The molecule has 0 bridgehead atoms. The van der Waals surface area contributed by atoms with Crippen LogP contribution in [-0.2, 0) is 4.74 Å². The molecule has 1 atom stereocenters. The van der Waals surface area contributed by atoms with Crippen molar-refractivity contribution in [2.45, 2.75) is 26.9 Å². The zero-order valence-electron chi connectivity index (χ0n) is 17.1. The Morgan fingerprint density at radius 1 is 0.900 bits per heavy atom. The van der Waals surface area contributed by atoms with Gasteiger partial charge in [0.1, 0.15) is 11.9 Å². The van der Waals surface area contributed by atoms with Gasteiger partial charge in [0.2, 0.25) is 0 Å². The lowest BCUT2D eigenvalue weighted by molar-refractivity contribution is -0.384. The smallest absolute Gasteiger partial charge is 0.425 e. The van der Waals surface area contributed by atoms with E-state index in [1.54, 1.807) is 0 Å². The maximum Gasteiger partial charge on any atom is 0.514 e. The van der Waals surface area contributed by atoms with Crippen molar-refractivity contribution in [1.82, 2.24) is 0 Å². The van der Waals surface area contributed by atoms with Crippen LogP contribution in [0.3, 0.4) is 0 Å². The molecule has 0 N–H and O–H groups in total. The standard InChI is InChI=1S/C24H23NO5/c1-24(2,3)22(19-11-7-10-18(16-19)17-8-5-4-6-9-17)30-23(26)29-21-14-12-20(13-15-21)25(27)28/h4-16,22H,1-3H3/t22-/m1/s1. The summed E-state index contributed by atoms with van der Waals surface area (Å²) in [5.74, 6) is 0.177. The van der Waals surface area contributed by atoms with Gasteiger partial charge in [0, 0.05) is 17.5 Å². The molecule has 0 radical (unpaired) electrons. The second kappa shape index (κ2) is 8.78. The molecular weight excluding hydrogens is 382 g/mol. The summed E-state index contributed by atoms with van der Waals surface area (Å²) in [5, 5.41) is 10.8. The van der Waals surface area contributed by atoms with E-state index in [1.807, 2.05) is 75.4 Å². The molecule has 0 aliphatic carbocycles. The lowest BCUT2D eigenvalue weighted by atomic mass is 9.84. The number of rotatable bonds is 5. The monoisotopic (exact) mass is 405 g/mol. The largest absolute Gasteiger partial charge is 0.514 e. The van der Waals surface area contributed by atoms with Crippen LogP contribution in [0.4, 0.5) is 10.5 Å². The van der Waals surface area contributed by atoms with E-state index in [9.17, 15) is 14.9 Å². The first-order chi connectivity index (χ1) is 14.2. The van der Waals surface area contributed by atoms with Crippen molar-refractivity contribution in [2.75, 3.05) is 0 Å². The number of hydrogen-bond acceptors (Lipinski definition) is 5. The van der Waals surface area contributed by atoms with Crippen LogP contribution < -0.4 is 4.74 Å². The lowest BCUT2D eigenvalue weighted by Crippen LogP contribution is -2.25. The highest BCUT2D eigenvalue weighted by molar-refractivity contribution is 5.66. The van der Waals surface area contributed by atoms with Crippen molar-refractivity contribution in [1.29, 1.82) is 0 Å². The first kappa shape index (κ1) is 21.0. The van der Waals surface area contributed by atoms with Crippen molar-refractivity contribution < 1.29 is 19.2 Å². The number of carbonyl (C=O) groups is 1. The molecule has 6 nitrogen and oxygen atoms in total. The average molecular weight is 405 g/mol. The number of ether oxygens (including phenoxy) is 2. The van der Waals surface area contributed by atoms with Gasteiger partial charge in [-0.15, -0.1) is 0 Å². The van der Waals surface area contributed by atoms with Gasteiger partial charge >= 0.3 is 6.16 Å². The lowest BCUT2D eigenvalue weighted by Gasteiger charge is -2.30. The van der Waals surface area contributed by atoms with E-state index in [-0.39, 0.29) is 16.9 Å². The van der Waals surface area contributed by atoms with Crippen LogP contribution in [0.2, 0.25) is 0 Å². The number of non-ortho nitro benzene ring substituents is 1. The summed E-state index contributed by atoms with van der Waals surface area (Å²) in [6, 6.07) is 23.1. The van der Waals surface area contributed by atoms with Gasteiger partial charge in [-0.05, 0) is 34.9 Å². The van der Waals surface area contributed by atoms with Crippen molar-refractivity contribution in [2.24, 2.45) is 5.41 Å². The van der Waals surface area contributed by atoms with E-state index in [0.29, 0.717) is 0 Å². The highest BCUT2D eigenvalue weighted by atomic mass is 16.7. The third kappa shape index (κ3) is 5.23. The quantitative estimate of drug-likeness (QED) is 0.208. The number of carbonyl (C=O) groups excluding carboxylic acids is 1. The second-order valence-electron chi connectivity index (χ2n) is 7.96. The molecule has 3 aromatic rings. The summed E-state index contributed by atoms with van der Waals surface area (Å²) < 4.78 is 10.9. The van der Waals surface area contributed by atoms with Gasteiger partial charge in [-0.25, -0.2) is 4.79 Å². The average Bonchev–Trinajstić information content (AvgIpc) is 2.72. The predicted octanol–water partition coefficient (Wildman–Crippen LogP) is 6.56. The zero-order chi connectivity index (χ0) is 21.7. The SMILES string of the molecule is CC(C)(C)[C@H](OC(=O)Oc1ccc([N+](=O)[O-])cc1)c1cccc(-c2ccccc2)c1. The van der Waals surface area contributed by atoms with Crippen molar-refractivity contribution in [3.05, 3.63) is 94.5 Å². The van der Waals surface area contributed by atoms with E-state index < -0.39 is 17.2 Å². The fraction of sp³-hybridized carbons (Fsp3) is 0.208. The Morgan fingerprint density at radius 2 is 1.53 bits per heavy atom. The molecule has 0 amide bonds. The van der Waals surface area contributed by atoms with Crippen LogP contribution in [0, 0.1) is 15.5 Å². The van der Waals surface area contributed by atoms with Gasteiger partial charge in [-0.1, -0.05) is 69.3 Å². The third-order valence-corrected chi connectivity index (χ3v) is 4.55. The molecule has 30 heavy (non-hydrogen) atoms. The Labute approximate surface area is 175 Å². The molecule has 0 aromatic heterocycles. The first-order valence-electron chi connectivity index (χ1n) is 9.52. The maximum absolute atomic E-state index is 12.4. The molecule has 3 rings (SSSR count). The van der Waals surface area contributed by atoms with Gasteiger partial charge in [-0.2, -0.15) is 0 Å². The van der Waals surface area contributed by atoms with Crippen LogP contribution in [-0.4, -0.2) is 11.1 Å². The molecule has 0 aliphatic rings. The fourth-order valence-electron chi connectivity index (χ4n) is 3.11. The number of benzene rings is 3. The second-order valence-corrected chi connectivity index (χ2v) is 7.96. The highest BCUT2D eigenvalue weighted by Crippen LogP contribution is 2.38. The Morgan fingerprint density at radius 3 is 2.13 bits per heavy atom. The highest BCUT2D eigenvalue weighted by Gasteiger charge is 2.31. The molecule has 154 valence electrons. The van der Waals surface area contributed by atoms with Gasteiger partial charge in [-0.3, -0.25) is 10.1 Å². The molecule has 0 aliphatic heterocycles. The normalized spacial score (nSPS) is 12.1. The molecule has 0 heterocycles. The maximum atomic E-state index is 12.4. The van der Waals surface area contributed by atoms with Crippen LogP contribution in [0.5, 0.6) is 5.75 Å². The summed E-state index contributed by atoms with van der Waals surface area (Å²) >= 11 is 0. The van der Waals surface area contributed by atoms with E-state index in [4.69, 9.17) is 9.47 Å². The number of nitro benzene ring substituents is 1. The van der Waals surface area contributed by atoms with Crippen molar-refractivity contribution >= 4 is 11.8 Å². The molecule has 0 unspecified atom stereocenters. The van der Waals surface area contributed by atoms with Crippen LogP contribution in [0.25, 0.3) is 11.1 Å². The first-order valence-corrected chi connectivity index (χ1v) is 9.52. The Kier molecular flexibility index (Phi) is 6.16. The molecule has 3 aromatic carbocycles. The van der Waals surface area contributed by atoms with Crippen LogP contribution in [0.15, 0.2) is 78.9 Å². The van der Waals surface area contributed by atoms with Crippen LogP contribution in [0.1, 0.15) is 32.4 Å². The zero-order valence-corrected chi connectivity index (χ0v) is 17.1. The number of hydrogen-bond donors (Lipinski definition) is 0. The summed E-state index contributed by atoms with van der Waals surface area (Å²) in [4.78, 5) is 22.7. The topological polar surface area (TPSA) is 78.7 Å². The number of nitro groups is 1. The summed E-state index contributed by atoms with van der Waals surface area (Å²) in [5.41, 5.74) is 2.48. The summed E-state index contributed by atoms with van der Waals surface area (Å²) in [7, 11) is 0. The molecule has 0 fully saturated rings. The van der Waals surface area contributed by atoms with Crippen LogP contribution >= 0.6 is 0 Å². The molecule has 6 heteroatoms. The minimum atomic E-state index is -0.867. The van der Waals surface area contributed by atoms with Gasteiger partial charge < -0.3 is 9.47 Å².